The molecule has 5 rings (SSSR count). The number of nitrogens with zero attached hydrogens (tertiary/aromatic N) is 5. The molecule has 1 N–H and O–H groups in total. The SMILES string of the molecule is OCC1CCN(c2ncc(Br)c(OC3CN(c4ccc5ccccc5n4)C3)n2)CC1. The number of aromatic nitrogens is 3. The van der Waals surface area contributed by atoms with Crippen molar-refractivity contribution < 1.29 is 9.84 Å². The maximum Gasteiger partial charge on any atom is 0.233 e. The number of pyridine rings is 1. The lowest BCUT2D eigenvalue weighted by atomic mass is 9.98. The van der Waals surface area contributed by atoms with E-state index in [0.717, 1.165) is 60.2 Å². The number of rotatable bonds is 5. The Morgan fingerprint density at radius 1 is 1.03 bits per heavy atom. The molecular formula is C22H24BrN5O2. The molecule has 30 heavy (non-hydrogen) atoms. The number of ether oxygens (including phenoxy) is 1. The van der Waals surface area contributed by atoms with E-state index in [2.05, 4.69) is 53.9 Å². The van der Waals surface area contributed by atoms with Gasteiger partial charge in [-0.25, -0.2) is 9.97 Å². The number of fused-ring (bicyclic) bond motifs is 1. The highest BCUT2D eigenvalue weighted by atomic mass is 79.9. The van der Waals surface area contributed by atoms with Crippen molar-refractivity contribution in [2.45, 2.75) is 18.9 Å². The van der Waals surface area contributed by atoms with E-state index in [-0.39, 0.29) is 12.7 Å². The molecule has 0 aliphatic carbocycles. The summed E-state index contributed by atoms with van der Waals surface area (Å²) in [6.07, 6.45) is 3.75. The van der Waals surface area contributed by atoms with Crippen molar-refractivity contribution in [3.8, 4) is 5.88 Å². The minimum absolute atomic E-state index is 0.0671. The van der Waals surface area contributed by atoms with Crippen LogP contribution in [0.1, 0.15) is 12.8 Å². The number of aliphatic hydroxyl groups is 1. The van der Waals surface area contributed by atoms with Gasteiger partial charge in [0.25, 0.3) is 0 Å². The van der Waals surface area contributed by atoms with Crippen molar-refractivity contribution in [1.29, 1.82) is 0 Å². The molecule has 0 spiro atoms. The normalized spacial score (nSPS) is 17.9. The van der Waals surface area contributed by atoms with Gasteiger partial charge in [0, 0.05) is 25.1 Å². The van der Waals surface area contributed by atoms with Crippen molar-refractivity contribution in [2.24, 2.45) is 5.92 Å². The Labute approximate surface area is 183 Å². The van der Waals surface area contributed by atoms with E-state index in [1.54, 1.807) is 6.20 Å². The Balaban J connectivity index is 1.22. The molecule has 0 atom stereocenters. The molecule has 2 aliphatic rings. The van der Waals surface area contributed by atoms with Gasteiger partial charge in [-0.05, 0) is 52.9 Å². The van der Waals surface area contributed by atoms with E-state index in [9.17, 15) is 5.11 Å². The third-order valence-corrected chi connectivity index (χ3v) is 6.43. The van der Waals surface area contributed by atoms with Crippen molar-refractivity contribution in [2.75, 3.05) is 42.6 Å². The Morgan fingerprint density at radius 2 is 1.83 bits per heavy atom. The summed E-state index contributed by atoms with van der Waals surface area (Å²) in [5, 5.41) is 10.5. The van der Waals surface area contributed by atoms with Gasteiger partial charge in [-0.15, -0.1) is 0 Å². The molecular weight excluding hydrogens is 446 g/mol. The summed E-state index contributed by atoms with van der Waals surface area (Å²) in [7, 11) is 0. The Morgan fingerprint density at radius 3 is 2.63 bits per heavy atom. The molecule has 156 valence electrons. The van der Waals surface area contributed by atoms with E-state index in [1.807, 2.05) is 18.2 Å². The van der Waals surface area contributed by atoms with Crippen LogP contribution >= 0.6 is 15.9 Å². The van der Waals surface area contributed by atoms with Crippen LogP contribution in [-0.4, -0.2) is 58.9 Å². The predicted molar refractivity (Wildman–Crippen MR) is 120 cm³/mol. The van der Waals surface area contributed by atoms with Gasteiger partial charge < -0.3 is 19.6 Å². The minimum Gasteiger partial charge on any atom is -0.470 e. The lowest BCUT2D eigenvalue weighted by molar-refractivity contribution is 0.158. The van der Waals surface area contributed by atoms with Crippen LogP contribution in [0.5, 0.6) is 5.88 Å². The zero-order valence-corrected chi connectivity index (χ0v) is 18.2. The molecule has 0 unspecified atom stereocenters. The molecule has 2 aliphatic heterocycles. The van der Waals surface area contributed by atoms with Crippen LogP contribution in [0.2, 0.25) is 0 Å². The molecule has 4 heterocycles. The van der Waals surface area contributed by atoms with Gasteiger partial charge in [0.05, 0.1) is 29.3 Å². The van der Waals surface area contributed by atoms with Gasteiger partial charge in [-0.1, -0.05) is 18.2 Å². The number of halogens is 1. The fourth-order valence-corrected chi connectivity index (χ4v) is 4.27. The van der Waals surface area contributed by atoms with Crippen LogP contribution in [0.4, 0.5) is 11.8 Å². The van der Waals surface area contributed by atoms with Crippen LogP contribution in [0, 0.1) is 5.92 Å². The summed E-state index contributed by atoms with van der Waals surface area (Å²) >= 11 is 3.52. The maximum atomic E-state index is 9.33. The second kappa shape index (κ2) is 8.35. The fraction of sp³-hybridized carbons (Fsp3) is 0.409. The van der Waals surface area contributed by atoms with Crippen LogP contribution in [0.3, 0.4) is 0 Å². The second-order valence-electron chi connectivity index (χ2n) is 7.94. The highest BCUT2D eigenvalue weighted by Crippen LogP contribution is 2.30. The summed E-state index contributed by atoms with van der Waals surface area (Å²) < 4.78 is 6.92. The number of para-hydroxylation sites is 1. The second-order valence-corrected chi connectivity index (χ2v) is 8.80. The number of anilines is 2. The van der Waals surface area contributed by atoms with Crippen molar-refractivity contribution in [3.63, 3.8) is 0 Å². The quantitative estimate of drug-likeness (QED) is 0.614. The van der Waals surface area contributed by atoms with Gasteiger partial charge in [0.2, 0.25) is 11.8 Å². The topological polar surface area (TPSA) is 74.6 Å². The largest absolute Gasteiger partial charge is 0.470 e. The van der Waals surface area contributed by atoms with E-state index in [1.165, 1.54) is 0 Å². The Kier molecular flexibility index (Phi) is 5.43. The average Bonchev–Trinajstić information content (AvgIpc) is 2.77. The number of hydrogen-bond acceptors (Lipinski definition) is 7. The molecule has 0 amide bonds. The first-order valence-electron chi connectivity index (χ1n) is 10.4. The minimum atomic E-state index is 0.0671. The highest BCUT2D eigenvalue weighted by Gasteiger charge is 2.31. The van der Waals surface area contributed by atoms with Gasteiger partial charge >= 0.3 is 0 Å². The number of aliphatic hydroxyl groups excluding tert-OH is 1. The van der Waals surface area contributed by atoms with E-state index < -0.39 is 0 Å². The highest BCUT2D eigenvalue weighted by molar-refractivity contribution is 9.10. The third-order valence-electron chi connectivity index (χ3n) is 5.89. The molecule has 0 radical (unpaired) electrons. The monoisotopic (exact) mass is 469 g/mol. The molecule has 3 aromatic rings. The molecule has 0 bridgehead atoms. The maximum absolute atomic E-state index is 9.33. The smallest absolute Gasteiger partial charge is 0.233 e. The summed E-state index contributed by atoms with van der Waals surface area (Å²) in [6.45, 7) is 3.53. The molecule has 2 fully saturated rings. The van der Waals surface area contributed by atoms with Crippen molar-refractivity contribution in [3.05, 3.63) is 47.1 Å². The molecule has 2 aromatic heterocycles. The lowest BCUT2D eigenvalue weighted by Gasteiger charge is -2.39. The number of hydrogen-bond donors (Lipinski definition) is 1. The van der Waals surface area contributed by atoms with Gasteiger partial charge in [-0.3, -0.25) is 0 Å². The first-order chi connectivity index (χ1) is 14.7. The van der Waals surface area contributed by atoms with Crippen LogP contribution in [0.25, 0.3) is 10.9 Å². The first kappa shape index (κ1) is 19.5. The molecule has 0 saturated carbocycles. The van der Waals surface area contributed by atoms with Crippen LogP contribution < -0.4 is 14.5 Å². The van der Waals surface area contributed by atoms with Gasteiger partial charge in [0.1, 0.15) is 11.9 Å². The van der Waals surface area contributed by atoms with Crippen LogP contribution in [0.15, 0.2) is 47.1 Å². The zero-order valence-electron chi connectivity index (χ0n) is 16.6. The Hall–Kier alpha value is -2.45. The summed E-state index contributed by atoms with van der Waals surface area (Å²) in [5.41, 5.74) is 1.01. The summed E-state index contributed by atoms with van der Waals surface area (Å²) in [6, 6.07) is 12.3. The van der Waals surface area contributed by atoms with Gasteiger partial charge in [0.15, 0.2) is 0 Å². The van der Waals surface area contributed by atoms with Crippen LogP contribution in [-0.2, 0) is 0 Å². The van der Waals surface area contributed by atoms with Crippen molar-refractivity contribution >= 4 is 38.6 Å². The first-order valence-corrected chi connectivity index (χ1v) is 11.1. The van der Waals surface area contributed by atoms with E-state index in [0.29, 0.717) is 17.7 Å². The van der Waals surface area contributed by atoms with Crippen molar-refractivity contribution in [1.82, 2.24) is 15.0 Å². The number of piperidine rings is 1. The summed E-state index contributed by atoms with van der Waals surface area (Å²) in [4.78, 5) is 18.3. The average molecular weight is 470 g/mol. The third kappa shape index (κ3) is 3.94. The summed E-state index contributed by atoms with van der Waals surface area (Å²) in [5.74, 6) is 2.64. The molecule has 2 saturated heterocycles. The van der Waals surface area contributed by atoms with Gasteiger partial charge in [-0.2, -0.15) is 4.98 Å². The molecule has 8 heteroatoms. The molecule has 7 nitrogen and oxygen atoms in total. The number of benzene rings is 1. The predicted octanol–water partition coefficient (Wildman–Crippen LogP) is 3.26. The van der Waals surface area contributed by atoms with E-state index in [4.69, 9.17) is 9.72 Å². The molecule has 1 aromatic carbocycles. The lowest BCUT2D eigenvalue weighted by Crippen LogP contribution is -2.54. The standard InChI is InChI=1S/C22H24BrN5O2/c23-18-11-24-22(27-9-7-15(14-29)8-10-27)26-21(18)30-17-12-28(13-17)20-6-5-16-3-1-2-4-19(16)25-20/h1-6,11,15,17,29H,7-10,12-14H2. The fourth-order valence-electron chi connectivity index (χ4n) is 3.98. The Bertz CT molecular complexity index is 1030. The van der Waals surface area contributed by atoms with E-state index >= 15 is 0 Å². The zero-order chi connectivity index (χ0) is 20.5.